The first kappa shape index (κ1) is 23.1. The number of carbonyl (C=O) groups excluding carboxylic acids is 1. The summed E-state index contributed by atoms with van der Waals surface area (Å²) in [5.74, 6) is 0.625. The zero-order chi connectivity index (χ0) is 24.6. The molecule has 1 aromatic carbocycles. The molecule has 1 fully saturated rings. The van der Waals surface area contributed by atoms with Gasteiger partial charge in [-0.05, 0) is 43.4 Å². The van der Waals surface area contributed by atoms with Crippen LogP contribution < -0.4 is 10.2 Å². The molecule has 0 radical (unpaired) electrons. The van der Waals surface area contributed by atoms with Gasteiger partial charge in [-0.2, -0.15) is 13.2 Å². The lowest BCUT2D eigenvalue weighted by Crippen LogP contribution is -2.44. The highest BCUT2D eigenvalue weighted by Crippen LogP contribution is 2.35. The van der Waals surface area contributed by atoms with Gasteiger partial charge in [-0.1, -0.05) is 11.3 Å². The summed E-state index contributed by atoms with van der Waals surface area (Å²) in [6.45, 7) is 3.65. The molecule has 9 nitrogen and oxygen atoms in total. The number of nitrogens with one attached hydrogen (secondary N) is 1. The van der Waals surface area contributed by atoms with E-state index in [-0.39, 0.29) is 10.8 Å². The number of rotatable bonds is 4. The topological polar surface area (TPSA) is 100 Å². The van der Waals surface area contributed by atoms with Gasteiger partial charge in [0.15, 0.2) is 5.82 Å². The molecule has 0 spiro atoms. The first-order valence-electron chi connectivity index (χ1n) is 10.7. The molecule has 1 N–H and O–H groups in total. The van der Waals surface area contributed by atoms with Gasteiger partial charge in [-0.25, -0.2) is 4.98 Å². The van der Waals surface area contributed by atoms with Crippen LogP contribution in [0.4, 0.5) is 24.8 Å². The molecule has 4 heterocycles. The average molecular weight is 501 g/mol. The van der Waals surface area contributed by atoms with E-state index in [4.69, 9.17) is 0 Å². The van der Waals surface area contributed by atoms with E-state index in [0.717, 1.165) is 32.0 Å². The molecule has 1 aliphatic rings. The zero-order valence-electron chi connectivity index (χ0n) is 18.5. The van der Waals surface area contributed by atoms with Crippen LogP contribution in [0.5, 0.6) is 0 Å². The van der Waals surface area contributed by atoms with Gasteiger partial charge >= 0.3 is 6.18 Å². The second-order valence-corrected chi connectivity index (χ2v) is 9.04. The third-order valence-electron chi connectivity index (χ3n) is 5.58. The highest BCUT2D eigenvalue weighted by Gasteiger charge is 2.35. The van der Waals surface area contributed by atoms with Crippen molar-refractivity contribution in [1.29, 1.82) is 0 Å². The number of halogens is 3. The summed E-state index contributed by atoms with van der Waals surface area (Å²) >= 11 is 0.459. The summed E-state index contributed by atoms with van der Waals surface area (Å²) in [7, 11) is 2.08. The van der Waals surface area contributed by atoms with Crippen LogP contribution in [-0.4, -0.2) is 69.4 Å². The van der Waals surface area contributed by atoms with Crippen molar-refractivity contribution in [3.63, 3.8) is 0 Å². The normalized spacial score (nSPS) is 14.9. The second kappa shape index (κ2) is 9.15. The molecule has 0 atom stereocenters. The lowest BCUT2D eigenvalue weighted by molar-refractivity contribution is -0.138. The SMILES string of the molecule is CN1CCN(c2ccc(C(=O)Nc3cc4cc(-c5nnc(C(F)(F)F)s5)ccc4nn3)cn2)CC1. The predicted molar refractivity (Wildman–Crippen MR) is 125 cm³/mol. The number of pyridine rings is 1. The molecule has 35 heavy (non-hydrogen) atoms. The minimum absolute atomic E-state index is 0.133. The summed E-state index contributed by atoms with van der Waals surface area (Å²) in [6, 6.07) is 9.97. The molecule has 0 unspecified atom stereocenters. The molecule has 0 aliphatic carbocycles. The monoisotopic (exact) mass is 500 g/mol. The Morgan fingerprint density at radius 3 is 2.49 bits per heavy atom. The highest BCUT2D eigenvalue weighted by atomic mass is 32.1. The number of likely N-dealkylation sites (N-methyl/N-ethyl adjacent to an activating group) is 1. The fourth-order valence-electron chi connectivity index (χ4n) is 3.63. The number of amides is 1. The Labute approximate surface area is 201 Å². The average Bonchev–Trinajstić information content (AvgIpc) is 3.35. The number of hydrogen-bond donors (Lipinski definition) is 1. The number of piperazine rings is 1. The Morgan fingerprint density at radius 1 is 1.00 bits per heavy atom. The molecule has 180 valence electrons. The number of aromatic nitrogens is 5. The van der Waals surface area contributed by atoms with Crippen LogP contribution in [0.3, 0.4) is 0 Å². The van der Waals surface area contributed by atoms with E-state index >= 15 is 0 Å². The molecule has 0 saturated carbocycles. The standard InChI is InChI=1S/C22H19F3N8OS/c1-32-6-8-33(9-7-32)18-5-3-14(12-26-18)19(34)27-17-11-15-10-13(2-4-16(15)28-29-17)20-30-31-21(35-20)22(23,24)25/h2-5,10-12H,6-9H2,1H3,(H,27,29,34). The molecular weight excluding hydrogens is 481 g/mol. The Bertz CT molecular complexity index is 1370. The number of alkyl halides is 3. The summed E-state index contributed by atoms with van der Waals surface area (Å²) < 4.78 is 38.6. The summed E-state index contributed by atoms with van der Waals surface area (Å²) in [5.41, 5.74) is 1.34. The van der Waals surface area contributed by atoms with Crippen molar-refractivity contribution in [1.82, 2.24) is 30.3 Å². The van der Waals surface area contributed by atoms with Gasteiger partial charge in [0.25, 0.3) is 5.91 Å². The molecule has 13 heteroatoms. The Hall–Kier alpha value is -3.71. The van der Waals surface area contributed by atoms with Crippen molar-refractivity contribution in [2.45, 2.75) is 6.18 Å². The first-order valence-corrected chi connectivity index (χ1v) is 11.5. The second-order valence-electron chi connectivity index (χ2n) is 8.06. The minimum atomic E-state index is -4.55. The lowest BCUT2D eigenvalue weighted by atomic mass is 10.1. The molecule has 5 rings (SSSR count). The van der Waals surface area contributed by atoms with Crippen LogP contribution in [0.25, 0.3) is 21.5 Å². The highest BCUT2D eigenvalue weighted by molar-refractivity contribution is 7.14. The molecule has 1 saturated heterocycles. The van der Waals surface area contributed by atoms with E-state index < -0.39 is 17.1 Å². The summed E-state index contributed by atoms with van der Waals surface area (Å²) in [6.07, 6.45) is -3.03. The van der Waals surface area contributed by atoms with Crippen molar-refractivity contribution in [2.75, 3.05) is 43.4 Å². The van der Waals surface area contributed by atoms with Gasteiger partial charge in [0.05, 0.1) is 11.1 Å². The van der Waals surface area contributed by atoms with Crippen LogP contribution in [0.1, 0.15) is 15.4 Å². The third kappa shape index (κ3) is 5.05. The number of benzene rings is 1. The molecule has 1 aliphatic heterocycles. The van der Waals surface area contributed by atoms with Crippen LogP contribution in [-0.2, 0) is 6.18 Å². The molecule has 4 aromatic rings. The van der Waals surface area contributed by atoms with Crippen molar-refractivity contribution < 1.29 is 18.0 Å². The van der Waals surface area contributed by atoms with E-state index in [1.165, 1.54) is 6.20 Å². The minimum Gasteiger partial charge on any atom is -0.354 e. The largest absolute Gasteiger partial charge is 0.445 e. The Balaban J connectivity index is 1.31. The van der Waals surface area contributed by atoms with E-state index in [1.54, 1.807) is 30.3 Å². The van der Waals surface area contributed by atoms with Gasteiger partial charge in [0.1, 0.15) is 10.8 Å². The number of anilines is 2. The van der Waals surface area contributed by atoms with E-state index in [2.05, 4.69) is 47.5 Å². The van der Waals surface area contributed by atoms with Crippen LogP contribution in [0.2, 0.25) is 0 Å². The first-order chi connectivity index (χ1) is 16.8. The van der Waals surface area contributed by atoms with Gasteiger partial charge in [0, 0.05) is 43.3 Å². The molecule has 0 bridgehead atoms. The summed E-state index contributed by atoms with van der Waals surface area (Å²) in [4.78, 5) is 21.5. The quantitative estimate of drug-likeness (QED) is 0.454. The fourth-order valence-corrected chi connectivity index (χ4v) is 4.33. The maximum Gasteiger partial charge on any atom is 0.445 e. The maximum atomic E-state index is 12.9. The molecule has 3 aromatic heterocycles. The van der Waals surface area contributed by atoms with Gasteiger partial charge < -0.3 is 15.1 Å². The van der Waals surface area contributed by atoms with E-state index in [1.807, 2.05) is 6.07 Å². The van der Waals surface area contributed by atoms with Crippen molar-refractivity contribution in [3.05, 3.63) is 53.2 Å². The lowest BCUT2D eigenvalue weighted by Gasteiger charge is -2.33. The van der Waals surface area contributed by atoms with Crippen LogP contribution >= 0.6 is 11.3 Å². The van der Waals surface area contributed by atoms with E-state index in [0.29, 0.717) is 33.4 Å². The number of carbonyl (C=O) groups is 1. The molecule has 1 amide bonds. The van der Waals surface area contributed by atoms with Crippen molar-refractivity contribution >= 4 is 39.8 Å². The number of fused-ring (bicyclic) bond motifs is 1. The Morgan fingerprint density at radius 2 is 1.80 bits per heavy atom. The fraction of sp³-hybridized carbons (Fsp3) is 0.273. The summed E-state index contributed by atoms with van der Waals surface area (Å²) in [5, 5.41) is 17.4. The molecular formula is C22H19F3N8OS. The van der Waals surface area contributed by atoms with Crippen LogP contribution in [0.15, 0.2) is 42.6 Å². The Kier molecular flexibility index (Phi) is 6.03. The third-order valence-corrected chi connectivity index (χ3v) is 6.60. The smallest absolute Gasteiger partial charge is 0.354 e. The number of hydrogen-bond acceptors (Lipinski definition) is 9. The van der Waals surface area contributed by atoms with Gasteiger partial charge in [0.2, 0.25) is 5.01 Å². The predicted octanol–water partition coefficient (Wildman–Crippen LogP) is 3.57. The van der Waals surface area contributed by atoms with E-state index in [9.17, 15) is 18.0 Å². The van der Waals surface area contributed by atoms with Crippen LogP contribution in [0, 0.1) is 0 Å². The maximum absolute atomic E-state index is 12.9. The van der Waals surface area contributed by atoms with Crippen molar-refractivity contribution in [3.8, 4) is 10.6 Å². The zero-order valence-corrected chi connectivity index (χ0v) is 19.3. The number of nitrogens with zero attached hydrogens (tertiary/aromatic N) is 7. The van der Waals surface area contributed by atoms with Gasteiger partial charge in [-0.3, -0.25) is 4.79 Å². The van der Waals surface area contributed by atoms with Crippen molar-refractivity contribution in [2.24, 2.45) is 0 Å². The van der Waals surface area contributed by atoms with Gasteiger partial charge in [-0.15, -0.1) is 20.4 Å².